The van der Waals surface area contributed by atoms with E-state index in [-0.39, 0.29) is 12.4 Å². The second kappa shape index (κ2) is 11.1. The number of halogens is 2. The van der Waals surface area contributed by atoms with Crippen molar-refractivity contribution in [3.8, 4) is 11.5 Å². The predicted molar refractivity (Wildman–Crippen MR) is 129 cm³/mol. The fraction of sp³-hybridized carbons (Fsp3) is 0.500. The second-order valence-electron chi connectivity index (χ2n) is 8.11. The third kappa shape index (κ3) is 5.96. The van der Waals surface area contributed by atoms with Crippen LogP contribution in [0.2, 0.25) is 5.02 Å². The van der Waals surface area contributed by atoms with Crippen molar-refractivity contribution in [3.05, 3.63) is 51.5 Å². The van der Waals surface area contributed by atoms with Crippen LogP contribution in [0.5, 0.6) is 11.5 Å². The molecule has 0 saturated carbocycles. The van der Waals surface area contributed by atoms with Gasteiger partial charge in [0.15, 0.2) is 0 Å². The summed E-state index contributed by atoms with van der Waals surface area (Å²) in [5.41, 5.74) is 5.36. The lowest BCUT2D eigenvalue weighted by atomic mass is 10.0. The Balaban J connectivity index is 0.00000320. The molecule has 1 aliphatic rings. The molecular weight excluding hydrogens is 419 g/mol. The number of phenolic OH excluding ortho intramolecular Hbond substituents is 1. The molecule has 0 spiro atoms. The van der Waals surface area contributed by atoms with Crippen molar-refractivity contribution in [1.29, 1.82) is 0 Å². The van der Waals surface area contributed by atoms with Crippen LogP contribution in [0.25, 0.3) is 0 Å². The van der Waals surface area contributed by atoms with Gasteiger partial charge in [-0.05, 0) is 87.5 Å². The lowest BCUT2D eigenvalue weighted by Crippen LogP contribution is -2.46. The maximum absolute atomic E-state index is 10.0. The summed E-state index contributed by atoms with van der Waals surface area (Å²) in [4.78, 5) is 4.98. The van der Waals surface area contributed by atoms with Gasteiger partial charge in [-0.15, -0.1) is 12.4 Å². The van der Waals surface area contributed by atoms with E-state index in [0.29, 0.717) is 12.4 Å². The van der Waals surface area contributed by atoms with Gasteiger partial charge in [0.05, 0.1) is 6.61 Å². The predicted octanol–water partition coefficient (Wildman–Crippen LogP) is 5.68. The summed E-state index contributed by atoms with van der Waals surface area (Å²) < 4.78 is 5.99. The molecule has 30 heavy (non-hydrogen) atoms. The largest absolute Gasteiger partial charge is 0.507 e. The van der Waals surface area contributed by atoms with Gasteiger partial charge >= 0.3 is 0 Å². The van der Waals surface area contributed by atoms with Crippen molar-refractivity contribution >= 4 is 29.7 Å². The summed E-state index contributed by atoms with van der Waals surface area (Å²) in [6, 6.07) is 8.08. The summed E-state index contributed by atoms with van der Waals surface area (Å²) in [7, 11) is 0. The average Bonchev–Trinajstić information content (AvgIpc) is 2.72. The Labute approximate surface area is 192 Å². The highest BCUT2D eigenvalue weighted by molar-refractivity contribution is 6.30. The molecule has 0 aromatic heterocycles. The van der Waals surface area contributed by atoms with Crippen molar-refractivity contribution in [3.63, 3.8) is 0 Å². The number of unbranched alkanes of at least 4 members (excludes halogenated alkanes) is 1. The number of aryl methyl sites for hydroxylation is 2. The quantitative estimate of drug-likeness (QED) is 0.547. The van der Waals surface area contributed by atoms with Crippen molar-refractivity contribution in [2.24, 2.45) is 0 Å². The summed E-state index contributed by atoms with van der Waals surface area (Å²) in [6.45, 7) is 14.1. The molecule has 0 atom stereocenters. The van der Waals surface area contributed by atoms with Crippen LogP contribution in [0.15, 0.2) is 24.3 Å². The van der Waals surface area contributed by atoms with Crippen molar-refractivity contribution in [2.75, 3.05) is 44.2 Å². The number of hydrogen-bond donors (Lipinski definition) is 1. The zero-order chi connectivity index (χ0) is 21.0. The number of rotatable bonds is 7. The van der Waals surface area contributed by atoms with E-state index in [1.54, 1.807) is 0 Å². The molecule has 2 aromatic rings. The number of benzene rings is 2. The number of anilines is 1. The molecule has 1 aliphatic heterocycles. The third-order valence-corrected chi connectivity index (χ3v) is 6.25. The molecule has 4 nitrogen and oxygen atoms in total. The number of phenols is 1. The molecule has 1 N–H and O–H groups in total. The van der Waals surface area contributed by atoms with Gasteiger partial charge in [-0.1, -0.05) is 17.7 Å². The summed E-state index contributed by atoms with van der Waals surface area (Å²) >= 11 is 6.18. The first kappa shape index (κ1) is 24.6. The molecule has 1 saturated heterocycles. The highest BCUT2D eigenvalue weighted by Crippen LogP contribution is 2.32. The zero-order valence-corrected chi connectivity index (χ0v) is 20.1. The standard InChI is InChI=1S/C24H33ClN2O2.ClH/c1-17-7-8-21(25)16-22(17)27-12-10-26(11-13-27)9-5-6-14-29-23-15-18(2)24(28)20(4)19(23)3;/h7-8,15-16,28H,5-6,9-14H2,1-4H3;1H. The van der Waals surface area contributed by atoms with E-state index in [1.165, 1.54) is 11.3 Å². The molecule has 166 valence electrons. The van der Waals surface area contributed by atoms with Crippen LogP contribution in [-0.2, 0) is 0 Å². The van der Waals surface area contributed by atoms with E-state index < -0.39 is 0 Å². The highest BCUT2D eigenvalue weighted by Gasteiger charge is 2.18. The van der Waals surface area contributed by atoms with Crippen molar-refractivity contribution in [1.82, 2.24) is 4.90 Å². The van der Waals surface area contributed by atoms with E-state index in [4.69, 9.17) is 16.3 Å². The van der Waals surface area contributed by atoms with Crippen LogP contribution in [0.1, 0.15) is 35.1 Å². The first-order valence-corrected chi connectivity index (χ1v) is 10.9. The van der Waals surface area contributed by atoms with Gasteiger partial charge in [-0.3, -0.25) is 4.90 Å². The Hall–Kier alpha value is -1.62. The van der Waals surface area contributed by atoms with E-state index in [9.17, 15) is 5.11 Å². The highest BCUT2D eigenvalue weighted by atomic mass is 35.5. The molecule has 1 heterocycles. The summed E-state index contributed by atoms with van der Waals surface area (Å²) in [6.07, 6.45) is 2.16. The Bertz CT molecular complexity index is 850. The Kier molecular flexibility index (Phi) is 9.14. The first-order chi connectivity index (χ1) is 13.9. The van der Waals surface area contributed by atoms with E-state index in [0.717, 1.165) is 73.0 Å². The number of nitrogens with zero attached hydrogens (tertiary/aromatic N) is 2. The maximum atomic E-state index is 10.0. The van der Waals surface area contributed by atoms with Gasteiger partial charge in [0, 0.05) is 36.9 Å². The van der Waals surface area contributed by atoms with Crippen molar-refractivity contribution in [2.45, 2.75) is 40.5 Å². The fourth-order valence-corrected chi connectivity index (χ4v) is 4.10. The minimum Gasteiger partial charge on any atom is -0.507 e. The lowest BCUT2D eigenvalue weighted by Gasteiger charge is -2.37. The molecule has 0 radical (unpaired) electrons. The average molecular weight is 453 g/mol. The number of hydrogen-bond acceptors (Lipinski definition) is 4. The normalized spacial score (nSPS) is 14.5. The van der Waals surface area contributed by atoms with Crippen LogP contribution >= 0.6 is 24.0 Å². The van der Waals surface area contributed by atoms with Gasteiger partial charge in [-0.2, -0.15) is 0 Å². The molecule has 3 rings (SSSR count). The van der Waals surface area contributed by atoms with Crippen LogP contribution in [0, 0.1) is 27.7 Å². The monoisotopic (exact) mass is 452 g/mol. The van der Waals surface area contributed by atoms with Crippen LogP contribution in [0.3, 0.4) is 0 Å². The fourth-order valence-electron chi connectivity index (χ4n) is 3.94. The number of aromatic hydroxyl groups is 1. The second-order valence-corrected chi connectivity index (χ2v) is 8.54. The van der Waals surface area contributed by atoms with Crippen LogP contribution < -0.4 is 9.64 Å². The van der Waals surface area contributed by atoms with E-state index in [1.807, 2.05) is 32.9 Å². The SMILES string of the molecule is Cc1ccc(Cl)cc1N1CCN(CCCCOc2cc(C)c(O)c(C)c2C)CC1.Cl. The molecule has 6 heteroatoms. The molecular formula is C24H34Cl2N2O2. The van der Waals surface area contributed by atoms with Gasteiger partial charge in [0.25, 0.3) is 0 Å². The Morgan fingerprint density at radius 2 is 1.63 bits per heavy atom. The summed E-state index contributed by atoms with van der Waals surface area (Å²) in [5.74, 6) is 1.27. The zero-order valence-electron chi connectivity index (χ0n) is 18.5. The Morgan fingerprint density at radius 1 is 0.933 bits per heavy atom. The molecule has 1 fully saturated rings. The molecule has 0 amide bonds. The minimum atomic E-state index is 0. The topological polar surface area (TPSA) is 35.9 Å². The third-order valence-electron chi connectivity index (χ3n) is 6.02. The number of ether oxygens (including phenoxy) is 1. The maximum Gasteiger partial charge on any atom is 0.122 e. The minimum absolute atomic E-state index is 0. The Morgan fingerprint density at radius 3 is 2.33 bits per heavy atom. The van der Waals surface area contributed by atoms with Gasteiger partial charge in [0.2, 0.25) is 0 Å². The van der Waals surface area contributed by atoms with Gasteiger partial charge in [0.1, 0.15) is 11.5 Å². The lowest BCUT2D eigenvalue weighted by molar-refractivity contribution is 0.238. The molecule has 0 aliphatic carbocycles. The van der Waals surface area contributed by atoms with Crippen LogP contribution in [-0.4, -0.2) is 49.3 Å². The van der Waals surface area contributed by atoms with Crippen molar-refractivity contribution < 1.29 is 9.84 Å². The van der Waals surface area contributed by atoms with E-state index in [2.05, 4.69) is 28.9 Å². The van der Waals surface area contributed by atoms with Gasteiger partial charge < -0.3 is 14.7 Å². The number of piperazine rings is 1. The van der Waals surface area contributed by atoms with E-state index >= 15 is 0 Å². The smallest absolute Gasteiger partial charge is 0.122 e. The molecule has 0 bridgehead atoms. The van der Waals surface area contributed by atoms with Crippen LogP contribution in [0.4, 0.5) is 5.69 Å². The first-order valence-electron chi connectivity index (χ1n) is 10.5. The van der Waals surface area contributed by atoms with Gasteiger partial charge in [-0.25, -0.2) is 0 Å². The molecule has 0 unspecified atom stereocenters. The molecule has 2 aromatic carbocycles. The summed E-state index contributed by atoms with van der Waals surface area (Å²) in [5, 5.41) is 10.8.